The molecule has 120 valence electrons. The third kappa shape index (κ3) is 4.32. The van der Waals surface area contributed by atoms with Crippen molar-refractivity contribution in [2.24, 2.45) is 0 Å². The van der Waals surface area contributed by atoms with E-state index in [1.807, 2.05) is 0 Å². The fraction of sp³-hybridized carbons (Fsp3) is 0.765. The second-order valence-corrected chi connectivity index (χ2v) is 6.34. The van der Waals surface area contributed by atoms with Crippen LogP contribution in [0.15, 0.2) is 0 Å². The third-order valence-electron chi connectivity index (χ3n) is 4.27. The lowest BCUT2D eigenvalue weighted by Gasteiger charge is -2.37. The number of aromatic nitrogens is 2. The van der Waals surface area contributed by atoms with Gasteiger partial charge in [-0.15, -0.1) is 0 Å². The maximum absolute atomic E-state index is 4.82. The molecule has 1 rings (SSSR count). The van der Waals surface area contributed by atoms with Crippen molar-refractivity contribution < 1.29 is 0 Å². The van der Waals surface area contributed by atoms with Gasteiger partial charge in [0.2, 0.25) is 0 Å². The Morgan fingerprint density at radius 2 is 1.76 bits per heavy atom. The Hall–Kier alpha value is -1.32. The first kappa shape index (κ1) is 17.7. The van der Waals surface area contributed by atoms with Crippen molar-refractivity contribution in [2.45, 2.75) is 72.8 Å². The number of nitrogens with one attached hydrogen (secondary N) is 1. The molecule has 0 amide bonds. The van der Waals surface area contributed by atoms with Crippen LogP contribution in [-0.4, -0.2) is 29.1 Å². The number of nitrogens with zero attached hydrogens (tertiary/aromatic N) is 3. The molecule has 0 aromatic carbocycles. The average molecular weight is 292 g/mol. The van der Waals surface area contributed by atoms with E-state index in [-0.39, 0.29) is 5.54 Å². The van der Waals surface area contributed by atoms with Gasteiger partial charge in [-0.2, -0.15) is 0 Å². The second-order valence-electron chi connectivity index (χ2n) is 6.34. The topological polar surface area (TPSA) is 41.1 Å². The smallest absolute Gasteiger partial charge is 0.137 e. The largest absolute Gasteiger partial charge is 0.370 e. The highest BCUT2D eigenvalue weighted by Gasteiger charge is 2.25. The van der Waals surface area contributed by atoms with Crippen LogP contribution >= 0.6 is 0 Å². The second kappa shape index (κ2) is 7.62. The van der Waals surface area contributed by atoms with Gasteiger partial charge in [0, 0.05) is 31.1 Å². The minimum absolute atomic E-state index is 0.0879. The fourth-order valence-corrected chi connectivity index (χ4v) is 2.15. The Morgan fingerprint density at radius 3 is 2.29 bits per heavy atom. The molecule has 0 atom stereocenters. The molecule has 0 aliphatic carbocycles. The summed E-state index contributed by atoms with van der Waals surface area (Å²) in [5, 5.41) is 3.45. The summed E-state index contributed by atoms with van der Waals surface area (Å²) >= 11 is 0. The van der Waals surface area contributed by atoms with E-state index in [4.69, 9.17) is 9.97 Å². The Labute approximate surface area is 130 Å². The molecule has 1 heterocycles. The number of anilines is 2. The maximum atomic E-state index is 4.82. The van der Waals surface area contributed by atoms with Crippen molar-refractivity contribution in [2.75, 3.05) is 23.8 Å². The number of rotatable bonds is 8. The first-order valence-electron chi connectivity index (χ1n) is 8.22. The molecule has 0 unspecified atom stereocenters. The van der Waals surface area contributed by atoms with Gasteiger partial charge >= 0.3 is 0 Å². The van der Waals surface area contributed by atoms with Crippen LogP contribution in [0.3, 0.4) is 0 Å². The lowest BCUT2D eigenvalue weighted by molar-refractivity contribution is 0.465. The van der Waals surface area contributed by atoms with Crippen LogP contribution in [0.4, 0.5) is 11.6 Å². The van der Waals surface area contributed by atoms with Gasteiger partial charge in [0.05, 0.1) is 0 Å². The fourth-order valence-electron chi connectivity index (χ4n) is 2.15. The van der Waals surface area contributed by atoms with Crippen molar-refractivity contribution in [1.82, 2.24) is 9.97 Å². The van der Waals surface area contributed by atoms with Gasteiger partial charge in [-0.3, -0.25) is 0 Å². The Bertz CT molecular complexity index is 454. The first-order chi connectivity index (χ1) is 9.87. The molecule has 4 nitrogen and oxygen atoms in total. The van der Waals surface area contributed by atoms with E-state index in [0.29, 0.717) is 0 Å². The van der Waals surface area contributed by atoms with E-state index in [0.717, 1.165) is 55.3 Å². The number of aryl methyl sites for hydroxylation is 1. The zero-order chi connectivity index (χ0) is 16.0. The molecule has 1 N–H and O–H groups in total. The highest BCUT2D eigenvalue weighted by atomic mass is 15.2. The van der Waals surface area contributed by atoms with E-state index < -0.39 is 0 Å². The summed E-state index contributed by atoms with van der Waals surface area (Å²) in [5.74, 6) is 2.98. The van der Waals surface area contributed by atoms with Gasteiger partial charge in [0.1, 0.15) is 17.5 Å². The Kier molecular flexibility index (Phi) is 6.43. The van der Waals surface area contributed by atoms with E-state index in [1.165, 1.54) is 0 Å². The van der Waals surface area contributed by atoms with Gasteiger partial charge in [0.15, 0.2) is 0 Å². The van der Waals surface area contributed by atoms with Crippen molar-refractivity contribution >= 4 is 11.6 Å². The number of hydrogen-bond donors (Lipinski definition) is 1. The summed E-state index contributed by atoms with van der Waals surface area (Å²) in [7, 11) is 2.14. The molecule has 0 radical (unpaired) electrons. The third-order valence-corrected chi connectivity index (χ3v) is 4.27. The lowest BCUT2D eigenvalue weighted by Crippen LogP contribution is -2.41. The molecule has 0 fully saturated rings. The van der Waals surface area contributed by atoms with Crippen molar-refractivity contribution in [3.63, 3.8) is 0 Å². The van der Waals surface area contributed by atoms with Crippen molar-refractivity contribution in [3.8, 4) is 0 Å². The summed E-state index contributed by atoms with van der Waals surface area (Å²) in [6.45, 7) is 14.1. The van der Waals surface area contributed by atoms with Crippen LogP contribution in [0.5, 0.6) is 0 Å². The summed E-state index contributed by atoms with van der Waals surface area (Å²) in [6.07, 6.45) is 4.16. The standard InChI is InChI=1S/C17H32N4/c1-8-11-14-19-15(18-12-9-2)13(4)16(20-14)21(7)17(5,6)10-3/h8-12H2,1-7H3,(H,18,19,20). The average Bonchev–Trinajstić information content (AvgIpc) is 2.46. The van der Waals surface area contributed by atoms with Crippen LogP contribution in [-0.2, 0) is 6.42 Å². The van der Waals surface area contributed by atoms with Gasteiger partial charge in [-0.1, -0.05) is 20.8 Å². The van der Waals surface area contributed by atoms with Gasteiger partial charge in [0.25, 0.3) is 0 Å². The normalized spacial score (nSPS) is 11.6. The molecule has 0 saturated carbocycles. The van der Waals surface area contributed by atoms with Crippen molar-refractivity contribution in [1.29, 1.82) is 0 Å². The van der Waals surface area contributed by atoms with Crippen molar-refractivity contribution in [3.05, 3.63) is 11.4 Å². The van der Waals surface area contributed by atoms with Crippen LogP contribution < -0.4 is 10.2 Å². The Morgan fingerprint density at radius 1 is 1.10 bits per heavy atom. The Balaban J connectivity index is 3.25. The molecule has 0 spiro atoms. The molecule has 0 aliphatic rings. The quantitative estimate of drug-likeness (QED) is 0.780. The van der Waals surface area contributed by atoms with Crippen LogP contribution in [0.2, 0.25) is 0 Å². The van der Waals surface area contributed by atoms with E-state index in [9.17, 15) is 0 Å². The molecule has 4 heteroatoms. The van der Waals surface area contributed by atoms with Crippen LogP contribution in [0, 0.1) is 6.92 Å². The SMILES string of the molecule is CCCNc1nc(CCC)nc(N(C)C(C)(C)CC)c1C. The first-order valence-corrected chi connectivity index (χ1v) is 8.22. The molecule has 21 heavy (non-hydrogen) atoms. The maximum Gasteiger partial charge on any atom is 0.137 e. The minimum Gasteiger partial charge on any atom is -0.370 e. The van der Waals surface area contributed by atoms with E-state index >= 15 is 0 Å². The number of hydrogen-bond acceptors (Lipinski definition) is 4. The monoisotopic (exact) mass is 292 g/mol. The van der Waals surface area contributed by atoms with E-state index in [2.05, 4.69) is 58.8 Å². The lowest BCUT2D eigenvalue weighted by atomic mass is 9.99. The van der Waals surface area contributed by atoms with Crippen LogP contribution in [0.25, 0.3) is 0 Å². The van der Waals surface area contributed by atoms with Gasteiger partial charge in [-0.25, -0.2) is 9.97 Å². The highest BCUT2D eigenvalue weighted by molar-refractivity contribution is 5.59. The molecule has 0 aliphatic heterocycles. The molecular weight excluding hydrogens is 260 g/mol. The molecular formula is C17H32N4. The molecule has 0 bridgehead atoms. The minimum atomic E-state index is 0.0879. The predicted octanol–water partition coefficient (Wildman–Crippen LogP) is 4.18. The molecule has 1 aromatic heterocycles. The van der Waals surface area contributed by atoms with Gasteiger partial charge < -0.3 is 10.2 Å². The van der Waals surface area contributed by atoms with E-state index in [1.54, 1.807) is 0 Å². The highest BCUT2D eigenvalue weighted by Crippen LogP contribution is 2.29. The molecule has 1 aromatic rings. The van der Waals surface area contributed by atoms with Gasteiger partial charge in [-0.05, 0) is 40.0 Å². The zero-order valence-electron chi connectivity index (χ0n) is 14.9. The zero-order valence-corrected chi connectivity index (χ0v) is 14.9. The summed E-state index contributed by atoms with van der Waals surface area (Å²) in [4.78, 5) is 11.8. The summed E-state index contributed by atoms with van der Waals surface area (Å²) in [5.41, 5.74) is 1.23. The summed E-state index contributed by atoms with van der Waals surface area (Å²) < 4.78 is 0. The van der Waals surface area contributed by atoms with Crippen LogP contribution in [0.1, 0.15) is 65.3 Å². The predicted molar refractivity (Wildman–Crippen MR) is 92.3 cm³/mol. The summed E-state index contributed by atoms with van der Waals surface area (Å²) in [6, 6.07) is 0. The molecule has 0 saturated heterocycles.